The van der Waals surface area contributed by atoms with Crippen LogP contribution in [-0.4, -0.2) is 47.7 Å². The van der Waals surface area contributed by atoms with Crippen LogP contribution in [0.5, 0.6) is 0 Å². The van der Waals surface area contributed by atoms with Gasteiger partial charge in [0.1, 0.15) is 0 Å². The summed E-state index contributed by atoms with van der Waals surface area (Å²) < 4.78 is 2.09. The summed E-state index contributed by atoms with van der Waals surface area (Å²) in [6, 6.07) is 13.9. The molecule has 0 radical (unpaired) electrons. The molecule has 0 atom stereocenters. The number of rotatable bonds is 9. The van der Waals surface area contributed by atoms with Crippen molar-refractivity contribution in [3.8, 4) is 0 Å². The van der Waals surface area contributed by atoms with E-state index < -0.39 is 0 Å². The van der Waals surface area contributed by atoms with Gasteiger partial charge in [-0.1, -0.05) is 60.2 Å². The summed E-state index contributed by atoms with van der Waals surface area (Å²) in [4.78, 5) is 23.6. The minimum atomic E-state index is 0. The molecule has 8 heteroatoms. The Labute approximate surface area is 201 Å². The van der Waals surface area contributed by atoms with Crippen molar-refractivity contribution < 1.29 is 4.79 Å². The number of likely N-dealkylation sites (N-methyl/N-ethyl adjacent to an activating group) is 1. The van der Waals surface area contributed by atoms with Crippen LogP contribution in [0.3, 0.4) is 0 Å². The highest BCUT2D eigenvalue weighted by molar-refractivity contribution is 9.10. The van der Waals surface area contributed by atoms with Crippen LogP contribution in [0.4, 0.5) is 5.13 Å². The summed E-state index contributed by atoms with van der Waals surface area (Å²) in [5, 5.41) is 0.756. The molecule has 1 amide bonds. The first-order valence-electron chi connectivity index (χ1n) is 9.89. The van der Waals surface area contributed by atoms with Gasteiger partial charge in [-0.05, 0) is 49.2 Å². The summed E-state index contributed by atoms with van der Waals surface area (Å²) in [7, 11) is 0. The second-order valence-corrected chi connectivity index (χ2v) is 9.75. The highest BCUT2D eigenvalue weighted by atomic mass is 79.9. The SMILES string of the molecule is CCSc1ccccc1C(=O)N(CCN(CC)CC)c1nc2ccc(Br)cc2s1.Cl. The molecule has 0 aliphatic heterocycles. The van der Waals surface area contributed by atoms with E-state index in [4.69, 9.17) is 4.98 Å². The third kappa shape index (κ3) is 5.98. The maximum atomic E-state index is 13.6. The van der Waals surface area contributed by atoms with Gasteiger partial charge in [-0.3, -0.25) is 9.69 Å². The molecule has 0 aliphatic rings. The summed E-state index contributed by atoms with van der Waals surface area (Å²) >= 11 is 6.80. The molecule has 0 fully saturated rings. The van der Waals surface area contributed by atoms with Gasteiger partial charge in [0.2, 0.25) is 0 Å². The molecule has 162 valence electrons. The summed E-state index contributed by atoms with van der Waals surface area (Å²) in [6.45, 7) is 9.78. The van der Waals surface area contributed by atoms with Crippen LogP contribution in [0.15, 0.2) is 51.8 Å². The van der Waals surface area contributed by atoms with E-state index in [1.165, 1.54) is 0 Å². The van der Waals surface area contributed by atoms with Gasteiger partial charge in [-0.15, -0.1) is 24.2 Å². The lowest BCUT2D eigenvalue weighted by molar-refractivity contribution is 0.0981. The zero-order valence-corrected chi connectivity index (χ0v) is 21.5. The minimum absolute atomic E-state index is 0. The van der Waals surface area contributed by atoms with E-state index in [1.54, 1.807) is 23.1 Å². The largest absolute Gasteiger partial charge is 0.302 e. The van der Waals surface area contributed by atoms with Crippen LogP contribution in [0.1, 0.15) is 31.1 Å². The van der Waals surface area contributed by atoms with Gasteiger partial charge < -0.3 is 4.90 Å². The average Bonchev–Trinajstić information content (AvgIpc) is 3.14. The first kappa shape index (κ1) is 25.1. The van der Waals surface area contributed by atoms with Crippen molar-refractivity contribution >= 4 is 72.7 Å². The van der Waals surface area contributed by atoms with Crippen LogP contribution in [0.25, 0.3) is 10.2 Å². The molecule has 0 saturated heterocycles. The first-order chi connectivity index (χ1) is 14.1. The topological polar surface area (TPSA) is 36.4 Å². The quantitative estimate of drug-likeness (QED) is 0.294. The van der Waals surface area contributed by atoms with E-state index >= 15 is 0 Å². The molecule has 3 aromatic rings. The zero-order chi connectivity index (χ0) is 20.8. The fourth-order valence-corrected chi connectivity index (χ4v) is 5.48. The molecule has 0 N–H and O–H groups in total. The Kier molecular flexibility index (Phi) is 10.1. The lowest BCUT2D eigenvalue weighted by Crippen LogP contribution is -2.39. The number of anilines is 1. The zero-order valence-electron chi connectivity index (χ0n) is 17.4. The number of carbonyl (C=O) groups is 1. The van der Waals surface area contributed by atoms with Crippen molar-refractivity contribution in [2.75, 3.05) is 36.8 Å². The highest BCUT2D eigenvalue weighted by Gasteiger charge is 2.24. The fourth-order valence-electron chi connectivity index (χ4n) is 3.14. The van der Waals surface area contributed by atoms with Gasteiger partial charge in [0.05, 0.1) is 15.8 Å². The van der Waals surface area contributed by atoms with E-state index in [0.717, 1.165) is 55.7 Å². The van der Waals surface area contributed by atoms with E-state index in [9.17, 15) is 4.79 Å². The Hall–Kier alpha value is -1.12. The molecule has 0 bridgehead atoms. The number of thioether (sulfide) groups is 1. The van der Waals surface area contributed by atoms with E-state index in [2.05, 4.69) is 47.7 Å². The van der Waals surface area contributed by atoms with Gasteiger partial charge in [0.15, 0.2) is 5.13 Å². The maximum absolute atomic E-state index is 13.6. The van der Waals surface area contributed by atoms with Crippen molar-refractivity contribution in [1.82, 2.24) is 9.88 Å². The molecule has 1 heterocycles. The molecule has 2 aromatic carbocycles. The van der Waals surface area contributed by atoms with E-state index in [1.807, 2.05) is 41.3 Å². The number of benzene rings is 2. The number of nitrogens with zero attached hydrogens (tertiary/aromatic N) is 3. The predicted octanol–water partition coefficient (Wildman–Crippen LogP) is 6.58. The molecule has 0 spiro atoms. The smallest absolute Gasteiger partial charge is 0.261 e. The van der Waals surface area contributed by atoms with Crippen LogP contribution in [0, 0.1) is 0 Å². The van der Waals surface area contributed by atoms with Crippen LogP contribution in [-0.2, 0) is 0 Å². The van der Waals surface area contributed by atoms with Gasteiger partial charge in [-0.25, -0.2) is 4.98 Å². The van der Waals surface area contributed by atoms with Crippen LogP contribution >= 0.6 is 51.4 Å². The number of carbonyl (C=O) groups excluding carboxylic acids is 1. The van der Waals surface area contributed by atoms with Crippen molar-refractivity contribution in [2.24, 2.45) is 0 Å². The van der Waals surface area contributed by atoms with Crippen LogP contribution in [0.2, 0.25) is 0 Å². The lowest BCUT2D eigenvalue weighted by atomic mass is 10.2. The number of fused-ring (bicyclic) bond motifs is 1. The maximum Gasteiger partial charge on any atom is 0.261 e. The second-order valence-electron chi connectivity index (χ2n) is 6.52. The lowest BCUT2D eigenvalue weighted by Gasteiger charge is -2.25. The third-order valence-corrected chi connectivity index (χ3v) is 7.26. The Bertz CT molecular complexity index is 978. The number of halogens is 2. The van der Waals surface area contributed by atoms with Gasteiger partial charge >= 0.3 is 0 Å². The Morgan fingerprint density at radius 3 is 2.53 bits per heavy atom. The molecule has 0 aliphatic carbocycles. The molecule has 30 heavy (non-hydrogen) atoms. The minimum Gasteiger partial charge on any atom is -0.302 e. The number of thiazole rings is 1. The Morgan fingerprint density at radius 2 is 1.83 bits per heavy atom. The Morgan fingerprint density at radius 1 is 1.10 bits per heavy atom. The van der Waals surface area contributed by atoms with Crippen molar-refractivity contribution in [1.29, 1.82) is 0 Å². The van der Waals surface area contributed by atoms with Crippen molar-refractivity contribution in [3.63, 3.8) is 0 Å². The Balaban J connectivity index is 0.00000320. The van der Waals surface area contributed by atoms with Gasteiger partial charge in [-0.2, -0.15) is 0 Å². The highest BCUT2D eigenvalue weighted by Crippen LogP contribution is 2.33. The van der Waals surface area contributed by atoms with Gasteiger partial charge in [0.25, 0.3) is 5.91 Å². The van der Waals surface area contributed by atoms with Crippen molar-refractivity contribution in [3.05, 3.63) is 52.5 Å². The van der Waals surface area contributed by atoms with E-state index in [-0.39, 0.29) is 18.3 Å². The molecule has 0 saturated carbocycles. The monoisotopic (exact) mass is 527 g/mol. The summed E-state index contributed by atoms with van der Waals surface area (Å²) in [5.41, 5.74) is 1.67. The number of aromatic nitrogens is 1. The number of amides is 1. The van der Waals surface area contributed by atoms with Gasteiger partial charge in [0, 0.05) is 22.5 Å². The molecular formula is C22H27BrClN3OS2. The fraction of sp³-hybridized carbons (Fsp3) is 0.364. The third-order valence-electron chi connectivity index (χ3n) is 4.77. The summed E-state index contributed by atoms with van der Waals surface area (Å²) in [5.74, 6) is 0.950. The summed E-state index contributed by atoms with van der Waals surface area (Å²) in [6.07, 6.45) is 0. The number of hydrogen-bond acceptors (Lipinski definition) is 5. The normalized spacial score (nSPS) is 11.0. The van der Waals surface area contributed by atoms with E-state index in [0.29, 0.717) is 6.54 Å². The molecular weight excluding hydrogens is 502 g/mol. The predicted molar refractivity (Wildman–Crippen MR) is 137 cm³/mol. The standard InChI is InChI=1S/C22H26BrN3OS2.ClH/c1-4-25(5-2)13-14-26(21(27)17-9-7-8-10-19(17)28-6-3)22-24-18-12-11-16(23)15-20(18)29-22;/h7-12,15H,4-6,13-14H2,1-3H3;1H. The molecule has 4 nitrogen and oxygen atoms in total. The molecule has 1 aromatic heterocycles. The van der Waals surface area contributed by atoms with Crippen molar-refractivity contribution in [2.45, 2.75) is 25.7 Å². The second kappa shape index (κ2) is 12.1. The number of hydrogen-bond donors (Lipinski definition) is 0. The molecule has 3 rings (SSSR count). The van der Waals surface area contributed by atoms with Crippen LogP contribution < -0.4 is 4.90 Å². The molecule has 0 unspecified atom stereocenters. The average molecular weight is 529 g/mol. The first-order valence-corrected chi connectivity index (χ1v) is 12.5.